The lowest BCUT2D eigenvalue weighted by Crippen LogP contribution is -2.39. The van der Waals surface area contributed by atoms with Crippen molar-refractivity contribution in [2.75, 3.05) is 13.1 Å². The van der Waals surface area contributed by atoms with E-state index in [1.54, 1.807) is 18.5 Å². The van der Waals surface area contributed by atoms with Crippen molar-refractivity contribution in [1.29, 1.82) is 0 Å². The molecule has 0 bridgehead atoms. The van der Waals surface area contributed by atoms with Gasteiger partial charge in [-0.1, -0.05) is 30.3 Å². The van der Waals surface area contributed by atoms with Crippen molar-refractivity contribution in [2.45, 2.75) is 18.8 Å². The molecule has 0 saturated carbocycles. The summed E-state index contributed by atoms with van der Waals surface area (Å²) in [6.45, 7) is 1.49. The summed E-state index contributed by atoms with van der Waals surface area (Å²) in [7, 11) is 0. The van der Waals surface area contributed by atoms with Crippen molar-refractivity contribution < 1.29 is 4.79 Å². The number of H-pyrrole nitrogens is 1. The van der Waals surface area contributed by atoms with Gasteiger partial charge in [-0.05, 0) is 30.5 Å². The number of hydrogen-bond donors (Lipinski definition) is 1. The Morgan fingerprint density at radius 1 is 1.12 bits per heavy atom. The minimum atomic E-state index is 0.0542. The van der Waals surface area contributed by atoms with E-state index in [0.717, 1.165) is 36.2 Å². The monoisotopic (exact) mass is 332 g/mol. The van der Waals surface area contributed by atoms with Crippen molar-refractivity contribution in [3.63, 3.8) is 0 Å². The maximum atomic E-state index is 12.7. The molecule has 1 N–H and O–H groups in total. The second-order valence-corrected chi connectivity index (χ2v) is 6.40. The maximum Gasteiger partial charge on any atom is 0.255 e. The lowest BCUT2D eigenvalue weighted by Gasteiger charge is -2.32. The van der Waals surface area contributed by atoms with E-state index in [1.165, 1.54) is 0 Å². The van der Waals surface area contributed by atoms with Gasteiger partial charge in [0.15, 0.2) is 0 Å². The van der Waals surface area contributed by atoms with Gasteiger partial charge in [-0.25, -0.2) is 0 Å². The van der Waals surface area contributed by atoms with Crippen LogP contribution in [0.1, 0.15) is 34.8 Å². The quantitative estimate of drug-likeness (QED) is 0.798. The molecule has 25 heavy (non-hydrogen) atoms. The van der Waals surface area contributed by atoms with Crippen LogP contribution in [-0.4, -0.2) is 39.1 Å². The molecular formula is C20H20N4O. The van der Waals surface area contributed by atoms with Gasteiger partial charge in [-0.15, -0.1) is 0 Å². The number of nitrogens with zero attached hydrogens (tertiary/aromatic N) is 3. The van der Waals surface area contributed by atoms with Crippen LogP contribution in [0.3, 0.4) is 0 Å². The zero-order valence-electron chi connectivity index (χ0n) is 13.9. The molecule has 3 heterocycles. The van der Waals surface area contributed by atoms with Crippen LogP contribution >= 0.6 is 0 Å². The molecule has 2 aromatic heterocycles. The number of carbonyl (C=O) groups is 1. The fraction of sp³-hybridized carbons (Fsp3) is 0.250. The molecule has 1 aliphatic rings. The zero-order chi connectivity index (χ0) is 17.1. The van der Waals surface area contributed by atoms with E-state index in [4.69, 9.17) is 0 Å². The highest BCUT2D eigenvalue weighted by atomic mass is 16.2. The summed E-state index contributed by atoms with van der Waals surface area (Å²) in [5, 5.41) is 7.44. The number of amides is 1. The molecule has 0 spiro atoms. The number of aromatic amines is 1. The van der Waals surface area contributed by atoms with Crippen LogP contribution in [-0.2, 0) is 0 Å². The number of pyridine rings is 1. The largest absolute Gasteiger partial charge is 0.338 e. The van der Waals surface area contributed by atoms with Crippen molar-refractivity contribution >= 4 is 5.91 Å². The van der Waals surface area contributed by atoms with Crippen LogP contribution in [0.2, 0.25) is 0 Å². The van der Waals surface area contributed by atoms with Crippen molar-refractivity contribution in [1.82, 2.24) is 20.1 Å². The van der Waals surface area contributed by atoms with E-state index in [9.17, 15) is 4.79 Å². The average molecular weight is 332 g/mol. The van der Waals surface area contributed by atoms with Crippen LogP contribution in [0.5, 0.6) is 0 Å². The van der Waals surface area contributed by atoms with E-state index >= 15 is 0 Å². The third-order valence-electron chi connectivity index (χ3n) is 4.78. The van der Waals surface area contributed by atoms with Crippen LogP contribution in [0, 0.1) is 0 Å². The van der Waals surface area contributed by atoms with Gasteiger partial charge in [0.2, 0.25) is 0 Å². The predicted molar refractivity (Wildman–Crippen MR) is 96.1 cm³/mol. The number of carbonyl (C=O) groups excluding carboxylic acids is 1. The first kappa shape index (κ1) is 15.6. The molecule has 5 nitrogen and oxygen atoms in total. The van der Waals surface area contributed by atoms with E-state index in [2.05, 4.69) is 27.3 Å². The lowest BCUT2D eigenvalue weighted by atomic mass is 9.90. The van der Waals surface area contributed by atoms with Crippen molar-refractivity contribution in [3.05, 3.63) is 72.3 Å². The first-order valence-corrected chi connectivity index (χ1v) is 8.61. The molecule has 126 valence electrons. The maximum absolute atomic E-state index is 12.7. The number of benzene rings is 1. The summed E-state index contributed by atoms with van der Waals surface area (Å²) in [6, 6.07) is 13.9. The SMILES string of the molecule is O=C(c1cccnc1)N1CCCC(c2[nH]ncc2-c2ccccc2)C1. The predicted octanol–water partition coefficient (Wildman–Crippen LogP) is 3.49. The summed E-state index contributed by atoms with van der Waals surface area (Å²) < 4.78 is 0. The standard InChI is InChI=1S/C20H20N4O/c25-20(16-8-4-10-21-12-16)24-11-5-9-17(14-24)19-18(13-22-23-19)15-6-2-1-3-7-15/h1-4,6-8,10,12-13,17H,5,9,11,14H2,(H,22,23). The average Bonchev–Trinajstić information content (AvgIpc) is 3.19. The van der Waals surface area contributed by atoms with Crippen LogP contribution in [0.25, 0.3) is 11.1 Å². The molecule has 4 rings (SSSR count). The molecule has 1 atom stereocenters. The van der Waals surface area contributed by atoms with E-state index in [1.807, 2.05) is 35.4 Å². The Morgan fingerprint density at radius 3 is 2.80 bits per heavy atom. The smallest absolute Gasteiger partial charge is 0.255 e. The Balaban J connectivity index is 1.57. The lowest BCUT2D eigenvalue weighted by molar-refractivity contribution is 0.0705. The molecule has 1 aliphatic heterocycles. The molecule has 5 heteroatoms. The van der Waals surface area contributed by atoms with Gasteiger partial charge in [-0.2, -0.15) is 5.10 Å². The summed E-state index contributed by atoms with van der Waals surface area (Å²) in [5.74, 6) is 0.325. The molecule has 1 amide bonds. The Kier molecular flexibility index (Phi) is 4.29. The van der Waals surface area contributed by atoms with Crippen LogP contribution < -0.4 is 0 Å². The van der Waals surface area contributed by atoms with Gasteiger partial charge in [0.05, 0.1) is 11.8 Å². The molecule has 0 aliphatic carbocycles. The molecule has 1 unspecified atom stereocenters. The first-order chi connectivity index (χ1) is 12.3. The Hall–Kier alpha value is -2.95. The number of hydrogen-bond acceptors (Lipinski definition) is 3. The fourth-order valence-electron chi connectivity index (χ4n) is 3.52. The Morgan fingerprint density at radius 2 is 2.00 bits per heavy atom. The number of aromatic nitrogens is 3. The molecule has 1 fully saturated rings. The normalized spacial score (nSPS) is 17.4. The van der Waals surface area contributed by atoms with Gasteiger partial charge in [0, 0.05) is 42.7 Å². The minimum Gasteiger partial charge on any atom is -0.338 e. The van der Waals surface area contributed by atoms with Crippen molar-refractivity contribution in [2.24, 2.45) is 0 Å². The van der Waals surface area contributed by atoms with Crippen molar-refractivity contribution in [3.8, 4) is 11.1 Å². The topological polar surface area (TPSA) is 61.9 Å². The third-order valence-corrected chi connectivity index (χ3v) is 4.78. The highest BCUT2D eigenvalue weighted by molar-refractivity contribution is 5.94. The molecular weight excluding hydrogens is 312 g/mol. The third kappa shape index (κ3) is 3.18. The summed E-state index contributed by atoms with van der Waals surface area (Å²) in [6.07, 6.45) is 7.25. The number of rotatable bonds is 3. The Bertz CT molecular complexity index is 844. The fourth-order valence-corrected chi connectivity index (χ4v) is 3.52. The van der Waals surface area contributed by atoms with E-state index < -0.39 is 0 Å². The van der Waals surface area contributed by atoms with Gasteiger partial charge < -0.3 is 4.90 Å². The molecule has 3 aromatic rings. The van der Waals surface area contributed by atoms with Crippen LogP contribution in [0.4, 0.5) is 0 Å². The number of nitrogens with one attached hydrogen (secondary N) is 1. The molecule has 1 aromatic carbocycles. The first-order valence-electron chi connectivity index (χ1n) is 8.61. The highest BCUT2D eigenvalue weighted by Crippen LogP contribution is 2.33. The van der Waals surface area contributed by atoms with Gasteiger partial charge in [0.1, 0.15) is 0 Å². The van der Waals surface area contributed by atoms with Crippen LogP contribution in [0.15, 0.2) is 61.1 Å². The second kappa shape index (κ2) is 6.89. The number of likely N-dealkylation sites (tertiary alicyclic amines) is 1. The highest BCUT2D eigenvalue weighted by Gasteiger charge is 2.28. The Labute approximate surface area is 146 Å². The summed E-state index contributed by atoms with van der Waals surface area (Å²) in [5.41, 5.74) is 4.05. The van der Waals surface area contributed by atoms with E-state index in [0.29, 0.717) is 12.1 Å². The zero-order valence-corrected chi connectivity index (χ0v) is 13.9. The minimum absolute atomic E-state index is 0.0542. The molecule has 1 saturated heterocycles. The number of piperidine rings is 1. The van der Waals surface area contributed by atoms with E-state index in [-0.39, 0.29) is 11.8 Å². The van der Waals surface area contributed by atoms with Gasteiger partial charge in [0.25, 0.3) is 5.91 Å². The summed E-state index contributed by atoms with van der Waals surface area (Å²) >= 11 is 0. The summed E-state index contributed by atoms with van der Waals surface area (Å²) in [4.78, 5) is 18.7. The van der Waals surface area contributed by atoms with Gasteiger partial charge >= 0.3 is 0 Å². The second-order valence-electron chi connectivity index (χ2n) is 6.40. The molecule has 0 radical (unpaired) electrons. The van der Waals surface area contributed by atoms with Gasteiger partial charge in [-0.3, -0.25) is 14.9 Å².